The summed E-state index contributed by atoms with van der Waals surface area (Å²) in [6.45, 7) is 13.1. The van der Waals surface area contributed by atoms with Crippen LogP contribution in [0.4, 0.5) is 0 Å². The van der Waals surface area contributed by atoms with Gasteiger partial charge in [0, 0.05) is 18.6 Å². The molecule has 1 saturated carbocycles. The van der Waals surface area contributed by atoms with Crippen LogP contribution in [0.25, 0.3) is 0 Å². The number of hydrogen-bond donors (Lipinski definition) is 5. The smallest absolute Gasteiger partial charge is 0.243 e. The number of likely N-dealkylation sites (tertiary alicyclic amines) is 1. The van der Waals surface area contributed by atoms with Crippen molar-refractivity contribution in [2.75, 3.05) is 19.8 Å². The maximum atomic E-state index is 13.9. The summed E-state index contributed by atoms with van der Waals surface area (Å²) in [6, 6.07) is 17.2. The Bertz CT molecular complexity index is 1350. The molecule has 2 aliphatic rings. The van der Waals surface area contributed by atoms with Crippen LogP contribution in [0.1, 0.15) is 84.8 Å². The Balaban J connectivity index is 1.43. The lowest BCUT2D eigenvalue weighted by atomic mass is 9.72. The van der Waals surface area contributed by atoms with Crippen molar-refractivity contribution in [3.63, 3.8) is 0 Å². The van der Waals surface area contributed by atoms with E-state index in [0.717, 1.165) is 36.9 Å². The molecule has 276 valence electrons. The number of piperidine rings is 1. The van der Waals surface area contributed by atoms with Crippen molar-refractivity contribution in [2.45, 2.75) is 122 Å². The molecule has 10 nitrogen and oxygen atoms in total. The minimum Gasteiger partial charge on any atom is -0.390 e. The molecule has 1 heterocycles. The number of benzene rings is 2. The van der Waals surface area contributed by atoms with Gasteiger partial charge in [0.15, 0.2) is 0 Å². The highest BCUT2D eigenvalue weighted by Crippen LogP contribution is 2.39. The largest absolute Gasteiger partial charge is 0.390 e. The number of ether oxygens (including phenoxy) is 1. The van der Waals surface area contributed by atoms with Crippen LogP contribution in [0.15, 0.2) is 60.7 Å². The first-order valence-electron chi connectivity index (χ1n) is 18.5. The molecule has 2 aromatic carbocycles. The number of carbonyl (C=O) groups excluding carboxylic acids is 3. The van der Waals surface area contributed by atoms with Gasteiger partial charge in [0.05, 0.1) is 37.6 Å². The molecule has 0 radical (unpaired) electrons. The van der Waals surface area contributed by atoms with Crippen molar-refractivity contribution < 1.29 is 24.2 Å². The van der Waals surface area contributed by atoms with Crippen molar-refractivity contribution in [2.24, 2.45) is 17.8 Å². The highest BCUT2D eigenvalue weighted by atomic mass is 16.5. The topological polar surface area (TPSA) is 132 Å². The molecule has 3 amide bonds. The van der Waals surface area contributed by atoms with E-state index < -0.39 is 24.2 Å². The van der Waals surface area contributed by atoms with Gasteiger partial charge in [0.2, 0.25) is 17.7 Å². The van der Waals surface area contributed by atoms with E-state index in [1.54, 1.807) is 6.92 Å². The molecule has 1 saturated heterocycles. The lowest BCUT2D eigenvalue weighted by Crippen LogP contribution is -2.61. The normalized spacial score (nSPS) is 22.1. The van der Waals surface area contributed by atoms with Crippen LogP contribution < -0.4 is 21.3 Å². The Morgan fingerprint density at radius 2 is 1.50 bits per heavy atom. The van der Waals surface area contributed by atoms with E-state index in [4.69, 9.17) is 4.74 Å². The lowest BCUT2D eigenvalue weighted by Gasteiger charge is -2.47. The number of amides is 3. The Hall–Kier alpha value is -3.31. The minimum atomic E-state index is -0.949. The molecule has 10 heteroatoms. The van der Waals surface area contributed by atoms with E-state index in [9.17, 15) is 19.5 Å². The average molecular weight is 692 g/mol. The van der Waals surface area contributed by atoms with Gasteiger partial charge in [-0.3, -0.25) is 24.6 Å². The van der Waals surface area contributed by atoms with E-state index >= 15 is 0 Å². The Morgan fingerprint density at radius 1 is 0.880 bits per heavy atom. The summed E-state index contributed by atoms with van der Waals surface area (Å²) in [5.41, 5.74) is 1.65. The maximum absolute atomic E-state index is 13.9. The van der Waals surface area contributed by atoms with Gasteiger partial charge in [-0.05, 0) is 75.8 Å². The lowest BCUT2D eigenvalue weighted by molar-refractivity contribution is -0.134. The molecule has 1 aliphatic carbocycles. The van der Waals surface area contributed by atoms with E-state index in [1.807, 2.05) is 95.3 Å². The van der Waals surface area contributed by atoms with Gasteiger partial charge < -0.3 is 25.8 Å². The second-order valence-corrected chi connectivity index (χ2v) is 15.8. The van der Waals surface area contributed by atoms with Gasteiger partial charge in [0.25, 0.3) is 0 Å². The monoisotopic (exact) mass is 691 g/mol. The molecule has 7 atom stereocenters. The average Bonchev–Trinajstić information content (AvgIpc) is 3.08. The number of aliphatic hydroxyl groups excluding tert-OH is 1. The summed E-state index contributed by atoms with van der Waals surface area (Å²) in [4.78, 5) is 42.9. The molecular formula is C40H61N5O5. The van der Waals surface area contributed by atoms with E-state index in [2.05, 4.69) is 26.2 Å². The molecule has 5 N–H and O–H groups in total. The second kappa shape index (κ2) is 18.8. The third-order valence-corrected chi connectivity index (χ3v) is 10.1. The zero-order valence-electron chi connectivity index (χ0n) is 31.0. The molecular weight excluding hydrogens is 630 g/mol. The fourth-order valence-electron chi connectivity index (χ4n) is 7.25. The Labute approximate surface area is 299 Å². The molecule has 0 aromatic heterocycles. The van der Waals surface area contributed by atoms with Gasteiger partial charge >= 0.3 is 0 Å². The van der Waals surface area contributed by atoms with Crippen LogP contribution in [0.2, 0.25) is 0 Å². The number of rotatable bonds is 16. The zero-order valence-corrected chi connectivity index (χ0v) is 31.0. The predicted octanol–water partition coefficient (Wildman–Crippen LogP) is 4.16. The van der Waals surface area contributed by atoms with Crippen LogP contribution in [-0.4, -0.2) is 83.4 Å². The predicted molar refractivity (Wildman–Crippen MR) is 197 cm³/mol. The first-order valence-corrected chi connectivity index (χ1v) is 18.5. The summed E-state index contributed by atoms with van der Waals surface area (Å²) >= 11 is 0. The number of carbonyl (C=O) groups is 3. The molecule has 1 aliphatic heterocycles. The van der Waals surface area contributed by atoms with Gasteiger partial charge in [-0.2, -0.15) is 0 Å². The summed E-state index contributed by atoms with van der Waals surface area (Å²) in [5, 5.41) is 24.2. The van der Waals surface area contributed by atoms with Crippen molar-refractivity contribution in [1.29, 1.82) is 0 Å². The van der Waals surface area contributed by atoms with Crippen molar-refractivity contribution in [3.05, 3.63) is 71.8 Å². The molecule has 4 unspecified atom stereocenters. The molecule has 4 rings (SSSR count). The second-order valence-electron chi connectivity index (χ2n) is 15.8. The fourth-order valence-corrected chi connectivity index (χ4v) is 7.25. The van der Waals surface area contributed by atoms with Crippen LogP contribution >= 0.6 is 0 Å². The zero-order chi connectivity index (χ0) is 36.3. The fraction of sp³-hybridized carbons (Fsp3) is 0.625. The number of β-amino-alcohol motifs (C(OH)–C–C–N with tert-alkyl or cyclic N) is 1. The molecule has 0 bridgehead atoms. The number of fused-ring (bicyclic) bond motifs is 1. The highest BCUT2D eigenvalue weighted by molar-refractivity contribution is 5.90. The number of hydrogen-bond acceptors (Lipinski definition) is 7. The first-order chi connectivity index (χ1) is 23.8. The molecule has 0 spiro atoms. The van der Waals surface area contributed by atoms with Crippen LogP contribution in [0.3, 0.4) is 0 Å². The quantitative estimate of drug-likeness (QED) is 0.132. The van der Waals surface area contributed by atoms with Crippen molar-refractivity contribution in [1.82, 2.24) is 26.2 Å². The number of nitrogens with one attached hydrogen (secondary N) is 4. The van der Waals surface area contributed by atoms with Gasteiger partial charge in [-0.15, -0.1) is 0 Å². The molecule has 2 aromatic rings. The van der Waals surface area contributed by atoms with E-state index in [-0.39, 0.29) is 48.5 Å². The van der Waals surface area contributed by atoms with Gasteiger partial charge in [0.1, 0.15) is 6.04 Å². The summed E-state index contributed by atoms with van der Waals surface area (Å²) in [7, 11) is 0. The number of nitrogens with zero attached hydrogens (tertiary/aromatic N) is 1. The van der Waals surface area contributed by atoms with Crippen LogP contribution in [-0.2, 0) is 32.1 Å². The molecule has 2 fully saturated rings. The standard InChI is InChI=1S/C40H61N5O5/c1-27(2)36(43-37(47)28(3)41-26-50-25-30-17-11-8-12-18-30)39(49)42-33(21-29-15-9-7-10-16-29)35(46)24-45-23-32-20-14-13-19-31(32)22-34(45)38(48)44-40(4,5)6/h7-12,15-18,27-28,31-36,41,46H,13-14,19-26H2,1-6H3,(H,42,49)(H,43,47)(H,44,48)/t28?,31?,32?,33-,34-,35-,36?/m0/s1. The van der Waals surface area contributed by atoms with Gasteiger partial charge in [-0.25, -0.2) is 0 Å². The first kappa shape index (κ1) is 39.5. The maximum Gasteiger partial charge on any atom is 0.243 e. The van der Waals surface area contributed by atoms with Crippen molar-refractivity contribution >= 4 is 17.7 Å². The number of aliphatic hydroxyl groups is 1. The third-order valence-electron chi connectivity index (χ3n) is 10.1. The molecule has 50 heavy (non-hydrogen) atoms. The summed E-state index contributed by atoms with van der Waals surface area (Å²) in [5.74, 6) is 0.130. The van der Waals surface area contributed by atoms with E-state index in [0.29, 0.717) is 24.9 Å². The summed E-state index contributed by atoms with van der Waals surface area (Å²) < 4.78 is 5.69. The Kier molecular flexibility index (Phi) is 14.8. The van der Waals surface area contributed by atoms with Crippen molar-refractivity contribution in [3.8, 4) is 0 Å². The minimum absolute atomic E-state index is 0.00634. The van der Waals surface area contributed by atoms with Crippen LogP contribution in [0.5, 0.6) is 0 Å². The SMILES string of the molecule is CC(NCOCc1ccccc1)C(=O)NC(C(=O)N[C@@H](Cc1ccccc1)[C@@H](O)CN1CC2CCCCC2C[C@H]1C(=O)NC(C)(C)C)C(C)C. The van der Waals surface area contributed by atoms with E-state index in [1.165, 1.54) is 12.8 Å². The summed E-state index contributed by atoms with van der Waals surface area (Å²) in [6.07, 6.45) is 4.91. The third kappa shape index (κ3) is 12.2. The highest BCUT2D eigenvalue weighted by Gasteiger charge is 2.42. The Morgan fingerprint density at radius 3 is 2.12 bits per heavy atom. The van der Waals surface area contributed by atoms with Gasteiger partial charge in [-0.1, -0.05) is 93.8 Å². The van der Waals surface area contributed by atoms with Crippen LogP contribution in [0, 0.1) is 17.8 Å².